The lowest BCUT2D eigenvalue weighted by Gasteiger charge is -2.14. The van der Waals surface area contributed by atoms with E-state index in [4.69, 9.17) is 10.8 Å². The Bertz CT molecular complexity index is 639. The number of aromatic amines is 1. The van der Waals surface area contributed by atoms with Crippen LogP contribution in [-0.4, -0.2) is 75.9 Å². The van der Waals surface area contributed by atoms with Crippen LogP contribution in [0.1, 0.15) is 12.1 Å². The summed E-state index contributed by atoms with van der Waals surface area (Å²) >= 11 is 1.46. The number of hydrogen-bond acceptors (Lipinski definition) is 7. The molecule has 1 heterocycles. The zero-order chi connectivity index (χ0) is 20.2. The van der Waals surface area contributed by atoms with Crippen LogP contribution in [0.3, 0.4) is 0 Å². The van der Waals surface area contributed by atoms with Gasteiger partial charge in [0.05, 0.1) is 25.5 Å². The van der Waals surface area contributed by atoms with Crippen LogP contribution in [0.4, 0.5) is 0 Å². The largest absolute Gasteiger partial charge is 0.480 e. The fraction of sp³-hybridized carbons (Fsp3) is 0.533. The van der Waals surface area contributed by atoms with E-state index in [1.807, 2.05) is 6.26 Å². The van der Waals surface area contributed by atoms with E-state index in [2.05, 4.69) is 25.9 Å². The maximum Gasteiger partial charge on any atom is 0.326 e. The van der Waals surface area contributed by atoms with Crippen LogP contribution in [0.2, 0.25) is 0 Å². The number of imidazole rings is 1. The maximum atomic E-state index is 11.8. The number of carbonyl (C=O) groups excluding carboxylic acids is 3. The van der Waals surface area contributed by atoms with Gasteiger partial charge in [0.1, 0.15) is 6.04 Å². The zero-order valence-corrected chi connectivity index (χ0v) is 15.7. The molecule has 0 aliphatic heterocycles. The summed E-state index contributed by atoms with van der Waals surface area (Å²) < 4.78 is 0. The molecule has 1 aromatic rings. The highest BCUT2D eigenvalue weighted by Crippen LogP contribution is 2.00. The van der Waals surface area contributed by atoms with Gasteiger partial charge < -0.3 is 31.8 Å². The molecule has 150 valence electrons. The lowest BCUT2D eigenvalue weighted by atomic mass is 10.1. The molecular weight excluding hydrogens is 376 g/mol. The first-order chi connectivity index (χ1) is 12.8. The van der Waals surface area contributed by atoms with Crippen molar-refractivity contribution in [3.05, 3.63) is 18.2 Å². The van der Waals surface area contributed by atoms with E-state index in [0.29, 0.717) is 11.4 Å². The van der Waals surface area contributed by atoms with E-state index in [1.165, 1.54) is 18.1 Å². The van der Waals surface area contributed by atoms with E-state index >= 15 is 0 Å². The molecule has 0 saturated heterocycles. The van der Waals surface area contributed by atoms with Crippen LogP contribution < -0.4 is 21.7 Å². The van der Waals surface area contributed by atoms with E-state index in [-0.39, 0.29) is 19.4 Å². The molecule has 0 bridgehead atoms. The number of H-pyrrole nitrogens is 1. The van der Waals surface area contributed by atoms with E-state index in [9.17, 15) is 19.2 Å². The van der Waals surface area contributed by atoms with E-state index < -0.39 is 42.3 Å². The molecule has 0 aromatic carbocycles. The molecule has 2 unspecified atom stereocenters. The van der Waals surface area contributed by atoms with Crippen molar-refractivity contribution in [2.24, 2.45) is 5.73 Å². The van der Waals surface area contributed by atoms with Crippen molar-refractivity contribution >= 4 is 35.5 Å². The topological polar surface area (TPSA) is 179 Å². The number of amides is 3. The van der Waals surface area contributed by atoms with Crippen molar-refractivity contribution in [2.45, 2.75) is 24.9 Å². The second-order valence-electron chi connectivity index (χ2n) is 5.62. The second-order valence-corrected chi connectivity index (χ2v) is 6.61. The third-order valence-electron chi connectivity index (χ3n) is 3.44. The number of aliphatic carboxylic acids is 1. The van der Waals surface area contributed by atoms with Crippen molar-refractivity contribution in [1.82, 2.24) is 25.9 Å². The molecule has 27 heavy (non-hydrogen) atoms. The van der Waals surface area contributed by atoms with Gasteiger partial charge in [-0.3, -0.25) is 14.4 Å². The highest BCUT2D eigenvalue weighted by Gasteiger charge is 2.20. The summed E-state index contributed by atoms with van der Waals surface area (Å²) in [5, 5.41) is 16.0. The minimum atomic E-state index is -1.14. The van der Waals surface area contributed by atoms with Crippen LogP contribution in [-0.2, 0) is 25.6 Å². The predicted molar refractivity (Wildman–Crippen MR) is 98.9 cm³/mol. The first-order valence-electron chi connectivity index (χ1n) is 8.11. The van der Waals surface area contributed by atoms with Gasteiger partial charge in [-0.2, -0.15) is 11.8 Å². The summed E-state index contributed by atoms with van der Waals surface area (Å²) in [5.41, 5.74) is 6.42. The Morgan fingerprint density at radius 2 is 1.96 bits per heavy atom. The van der Waals surface area contributed by atoms with Gasteiger partial charge in [-0.15, -0.1) is 0 Å². The third-order valence-corrected chi connectivity index (χ3v) is 4.09. The monoisotopic (exact) mass is 400 g/mol. The van der Waals surface area contributed by atoms with Crippen LogP contribution in [0, 0.1) is 0 Å². The Hall–Kier alpha value is -2.60. The van der Waals surface area contributed by atoms with Gasteiger partial charge >= 0.3 is 5.97 Å². The molecule has 1 rings (SSSR count). The quantitative estimate of drug-likeness (QED) is 0.229. The van der Waals surface area contributed by atoms with Crippen LogP contribution >= 0.6 is 11.8 Å². The first-order valence-corrected chi connectivity index (χ1v) is 9.51. The molecule has 1 aromatic heterocycles. The fourth-order valence-electron chi connectivity index (χ4n) is 2.00. The van der Waals surface area contributed by atoms with Gasteiger partial charge in [-0.05, 0) is 18.4 Å². The summed E-state index contributed by atoms with van der Waals surface area (Å²) in [6.45, 7) is -0.741. The minimum absolute atomic E-state index is 0.239. The summed E-state index contributed by atoms with van der Waals surface area (Å²) in [6.07, 6.45) is 5.36. The molecule has 0 aliphatic rings. The summed E-state index contributed by atoms with van der Waals surface area (Å²) in [6, 6.07) is -1.86. The van der Waals surface area contributed by atoms with Gasteiger partial charge in [0.25, 0.3) is 0 Å². The third kappa shape index (κ3) is 9.06. The average molecular weight is 400 g/mol. The Labute approximate surface area is 160 Å². The Kier molecular flexibility index (Phi) is 9.90. The summed E-state index contributed by atoms with van der Waals surface area (Å²) in [5.74, 6) is -2.30. The van der Waals surface area contributed by atoms with Crippen molar-refractivity contribution < 1.29 is 24.3 Å². The van der Waals surface area contributed by atoms with Gasteiger partial charge in [0.2, 0.25) is 17.7 Å². The standard InChI is InChI=1S/C15H24N6O5S/c1-27-3-2-11(15(25)26)21-13(23)7-18-12(22)6-19-14(24)10(16)4-9-5-17-8-20-9/h5,8,10-11H,2-4,6-7,16H2,1H3,(H,17,20)(H,18,22)(H,19,24)(H,21,23)(H,25,26). The molecule has 2 atom stereocenters. The molecule has 3 amide bonds. The summed E-state index contributed by atoms with van der Waals surface area (Å²) in [4.78, 5) is 53.0. The van der Waals surface area contributed by atoms with E-state index in [1.54, 1.807) is 6.20 Å². The van der Waals surface area contributed by atoms with Crippen molar-refractivity contribution in [3.8, 4) is 0 Å². The van der Waals surface area contributed by atoms with Gasteiger partial charge in [-0.25, -0.2) is 9.78 Å². The number of nitrogens with zero attached hydrogens (tertiary/aromatic N) is 1. The Morgan fingerprint density at radius 3 is 2.56 bits per heavy atom. The number of carboxylic acid groups (broad SMARTS) is 1. The number of hydrogen-bond donors (Lipinski definition) is 6. The number of nitrogens with one attached hydrogen (secondary N) is 4. The molecule has 7 N–H and O–H groups in total. The van der Waals surface area contributed by atoms with Gasteiger partial charge in [-0.1, -0.05) is 0 Å². The maximum absolute atomic E-state index is 11.8. The zero-order valence-electron chi connectivity index (χ0n) is 14.9. The lowest BCUT2D eigenvalue weighted by molar-refractivity contribution is -0.141. The molecular formula is C15H24N6O5S. The van der Waals surface area contributed by atoms with Crippen molar-refractivity contribution in [2.75, 3.05) is 25.1 Å². The second kappa shape index (κ2) is 11.9. The molecule has 0 spiro atoms. The number of aromatic nitrogens is 2. The minimum Gasteiger partial charge on any atom is -0.480 e. The van der Waals surface area contributed by atoms with E-state index in [0.717, 1.165) is 0 Å². The Morgan fingerprint density at radius 1 is 1.26 bits per heavy atom. The number of rotatable bonds is 12. The summed E-state index contributed by atoms with van der Waals surface area (Å²) in [7, 11) is 0. The smallest absolute Gasteiger partial charge is 0.326 e. The molecule has 12 heteroatoms. The molecule has 0 aliphatic carbocycles. The predicted octanol–water partition coefficient (Wildman–Crippen LogP) is -2.17. The van der Waals surface area contributed by atoms with Gasteiger partial charge in [0.15, 0.2) is 0 Å². The molecule has 0 saturated carbocycles. The van der Waals surface area contributed by atoms with Gasteiger partial charge in [0, 0.05) is 18.3 Å². The number of thioether (sulfide) groups is 1. The molecule has 0 radical (unpaired) electrons. The highest BCUT2D eigenvalue weighted by molar-refractivity contribution is 7.98. The SMILES string of the molecule is CSCCC(NC(=O)CNC(=O)CNC(=O)C(N)Cc1cnc[nH]1)C(=O)O. The molecule has 0 fully saturated rings. The normalized spacial score (nSPS) is 12.7. The first kappa shape index (κ1) is 22.4. The number of carboxylic acids is 1. The van der Waals surface area contributed by atoms with Crippen LogP contribution in [0.15, 0.2) is 12.5 Å². The Balaban J connectivity index is 2.28. The van der Waals surface area contributed by atoms with Crippen LogP contribution in [0.25, 0.3) is 0 Å². The molecule has 11 nitrogen and oxygen atoms in total. The average Bonchev–Trinajstić information content (AvgIpc) is 3.13. The number of carbonyl (C=O) groups is 4. The highest BCUT2D eigenvalue weighted by atomic mass is 32.2. The van der Waals surface area contributed by atoms with Crippen molar-refractivity contribution in [3.63, 3.8) is 0 Å². The lowest BCUT2D eigenvalue weighted by Crippen LogP contribution is -2.49. The fourth-order valence-corrected chi connectivity index (χ4v) is 2.48. The van der Waals surface area contributed by atoms with Crippen molar-refractivity contribution in [1.29, 1.82) is 0 Å². The van der Waals surface area contributed by atoms with Crippen LogP contribution in [0.5, 0.6) is 0 Å². The number of nitrogens with two attached hydrogens (primary N) is 1.